The van der Waals surface area contributed by atoms with Crippen molar-refractivity contribution in [1.29, 1.82) is 0 Å². The van der Waals surface area contributed by atoms with Gasteiger partial charge < -0.3 is 30.8 Å². The van der Waals surface area contributed by atoms with Crippen LogP contribution in [0.15, 0.2) is 24.4 Å². The Morgan fingerprint density at radius 2 is 2.14 bits per heavy atom. The molecule has 1 aromatic carbocycles. The molecule has 4 atom stereocenters. The van der Waals surface area contributed by atoms with Crippen LogP contribution in [0, 0.1) is 17.7 Å². The van der Waals surface area contributed by atoms with E-state index in [0.717, 1.165) is 30.4 Å². The van der Waals surface area contributed by atoms with Crippen LogP contribution < -0.4 is 20.7 Å². The zero-order chi connectivity index (χ0) is 24.4. The van der Waals surface area contributed by atoms with Gasteiger partial charge in [-0.05, 0) is 37.3 Å². The highest BCUT2D eigenvalue weighted by molar-refractivity contribution is 6.31. The molecule has 35 heavy (non-hydrogen) atoms. The Kier molecular flexibility index (Phi) is 5.21. The van der Waals surface area contributed by atoms with E-state index in [1.807, 2.05) is 0 Å². The zero-order valence-electron chi connectivity index (χ0n) is 19.2. The summed E-state index contributed by atoms with van der Waals surface area (Å²) in [5.74, 6) is 1.59. The van der Waals surface area contributed by atoms with Crippen molar-refractivity contribution >= 4 is 45.0 Å². The molecule has 0 spiro atoms. The Hall–Kier alpha value is -3.21. The minimum absolute atomic E-state index is 0.108. The Labute approximate surface area is 205 Å². The summed E-state index contributed by atoms with van der Waals surface area (Å²) in [6.45, 7) is 3.18. The van der Waals surface area contributed by atoms with Gasteiger partial charge in [-0.15, -0.1) is 0 Å². The van der Waals surface area contributed by atoms with Crippen LogP contribution in [0.2, 0.25) is 5.02 Å². The molecule has 4 unspecified atom stereocenters. The van der Waals surface area contributed by atoms with Crippen LogP contribution >= 0.6 is 11.6 Å². The molecule has 6 rings (SSSR count). The fraction of sp³-hybridized carbons (Fsp3) is 0.375. The molecule has 5 N–H and O–H groups in total. The van der Waals surface area contributed by atoms with E-state index >= 15 is 0 Å². The van der Waals surface area contributed by atoms with Crippen molar-refractivity contribution in [3.63, 3.8) is 0 Å². The molecule has 0 amide bonds. The zero-order valence-corrected chi connectivity index (χ0v) is 20.0. The summed E-state index contributed by atoms with van der Waals surface area (Å²) in [6.07, 6.45) is 1.65. The smallest absolute Gasteiger partial charge is 0.326 e. The molecule has 1 aliphatic carbocycles. The van der Waals surface area contributed by atoms with Crippen molar-refractivity contribution < 1.29 is 14.2 Å². The molecule has 182 valence electrons. The van der Waals surface area contributed by atoms with E-state index in [1.165, 1.54) is 18.3 Å². The number of halogens is 2. The van der Waals surface area contributed by atoms with Gasteiger partial charge in [-0.2, -0.15) is 9.97 Å². The summed E-state index contributed by atoms with van der Waals surface area (Å²) in [6, 6.07) is 4.80. The standard InChI is InChI=1S/C24H25ClFN7O2/c1-10(34)20-16(25)6-13(7-29-20)35-24-31-22-19(14-4-12(26)5-18(28-2)21(14)30-22)23(32-24)33-8-11-3-17(27)15(11)9-33/h4-7,10-11,15,17,28,34H,3,8-9,27H2,1-2H3,(H,30,31,32). The number of benzene rings is 1. The monoisotopic (exact) mass is 497 g/mol. The van der Waals surface area contributed by atoms with E-state index in [0.29, 0.717) is 45.8 Å². The summed E-state index contributed by atoms with van der Waals surface area (Å²) in [4.78, 5) is 19.1. The normalized spacial score (nSPS) is 22.3. The Bertz CT molecular complexity index is 1460. The highest BCUT2D eigenvalue weighted by atomic mass is 35.5. The Morgan fingerprint density at radius 3 is 2.83 bits per heavy atom. The summed E-state index contributed by atoms with van der Waals surface area (Å²) in [5.41, 5.74) is 8.49. The predicted octanol–water partition coefficient (Wildman–Crippen LogP) is 3.97. The number of H-pyrrole nitrogens is 1. The van der Waals surface area contributed by atoms with Crippen LogP contribution in [0.1, 0.15) is 25.1 Å². The summed E-state index contributed by atoms with van der Waals surface area (Å²) < 4.78 is 20.4. The fourth-order valence-corrected chi connectivity index (χ4v) is 5.64. The number of nitrogens with two attached hydrogens (primary N) is 1. The summed E-state index contributed by atoms with van der Waals surface area (Å²) >= 11 is 6.26. The van der Waals surface area contributed by atoms with Crippen LogP contribution in [-0.4, -0.2) is 51.2 Å². The summed E-state index contributed by atoms with van der Waals surface area (Å²) in [7, 11) is 1.74. The third-order valence-electron chi connectivity index (χ3n) is 7.12. The van der Waals surface area contributed by atoms with Gasteiger partial charge in [0.2, 0.25) is 0 Å². The van der Waals surface area contributed by atoms with Gasteiger partial charge in [0.1, 0.15) is 17.3 Å². The number of anilines is 2. The second-order valence-corrected chi connectivity index (χ2v) is 9.76. The lowest BCUT2D eigenvalue weighted by Crippen LogP contribution is -2.46. The maximum Gasteiger partial charge on any atom is 0.326 e. The number of rotatable bonds is 5. The number of aliphatic hydroxyl groups is 1. The fourth-order valence-electron chi connectivity index (χ4n) is 5.33. The van der Waals surface area contributed by atoms with Crippen LogP contribution in [-0.2, 0) is 0 Å². The first-order chi connectivity index (χ1) is 16.8. The van der Waals surface area contributed by atoms with Crippen molar-refractivity contribution in [3.05, 3.63) is 40.9 Å². The number of aromatic amines is 1. The Balaban J connectivity index is 1.49. The van der Waals surface area contributed by atoms with Crippen LogP contribution in [0.5, 0.6) is 11.8 Å². The van der Waals surface area contributed by atoms with E-state index < -0.39 is 6.10 Å². The van der Waals surface area contributed by atoms with Crippen LogP contribution in [0.3, 0.4) is 0 Å². The number of nitrogens with one attached hydrogen (secondary N) is 2. The van der Waals surface area contributed by atoms with E-state index in [9.17, 15) is 9.50 Å². The molecule has 2 aliphatic rings. The maximum absolute atomic E-state index is 14.5. The molecule has 1 saturated carbocycles. The first kappa shape index (κ1) is 22.3. The molecule has 4 heterocycles. The van der Waals surface area contributed by atoms with Crippen molar-refractivity contribution in [1.82, 2.24) is 19.9 Å². The van der Waals surface area contributed by atoms with E-state index in [2.05, 4.69) is 25.2 Å². The molecule has 0 radical (unpaired) electrons. The minimum atomic E-state index is -0.805. The first-order valence-corrected chi connectivity index (χ1v) is 11.9. The Morgan fingerprint density at radius 1 is 1.31 bits per heavy atom. The van der Waals surface area contributed by atoms with Crippen LogP contribution in [0.25, 0.3) is 21.9 Å². The van der Waals surface area contributed by atoms with Gasteiger partial charge in [0.05, 0.1) is 39.6 Å². The number of hydrogen-bond acceptors (Lipinski definition) is 8. The third-order valence-corrected chi connectivity index (χ3v) is 7.42. The quantitative estimate of drug-likeness (QED) is 0.326. The third kappa shape index (κ3) is 3.64. The molecule has 11 heteroatoms. The maximum atomic E-state index is 14.5. The molecular formula is C24H25ClFN7O2. The van der Waals surface area contributed by atoms with Gasteiger partial charge in [0, 0.05) is 37.6 Å². The number of aromatic nitrogens is 4. The molecule has 4 aromatic rings. The van der Waals surface area contributed by atoms with Gasteiger partial charge in [-0.3, -0.25) is 4.98 Å². The molecule has 1 saturated heterocycles. The van der Waals surface area contributed by atoms with Gasteiger partial charge in [0.25, 0.3) is 0 Å². The molecule has 0 bridgehead atoms. The van der Waals surface area contributed by atoms with Crippen molar-refractivity contribution in [2.75, 3.05) is 30.4 Å². The lowest BCUT2D eigenvalue weighted by molar-refractivity contribution is 0.194. The SMILES string of the molecule is CNc1cc(F)cc2c1[nH]c1nc(Oc3cnc(C(C)O)c(Cl)c3)nc(N3CC4CC(N)C4C3)c12. The summed E-state index contributed by atoms with van der Waals surface area (Å²) in [5, 5.41) is 14.5. The average molecular weight is 498 g/mol. The van der Waals surface area contributed by atoms with Crippen molar-refractivity contribution in [2.45, 2.75) is 25.5 Å². The van der Waals surface area contributed by atoms with Crippen molar-refractivity contribution in [3.8, 4) is 11.8 Å². The second-order valence-electron chi connectivity index (χ2n) is 9.35. The lowest BCUT2D eigenvalue weighted by Gasteiger charge is -2.36. The highest BCUT2D eigenvalue weighted by Gasteiger charge is 2.46. The number of aliphatic hydroxyl groups excluding tert-OH is 1. The largest absolute Gasteiger partial charge is 0.422 e. The number of hydrogen-bond donors (Lipinski definition) is 4. The molecule has 2 fully saturated rings. The van der Waals surface area contributed by atoms with E-state index in [1.54, 1.807) is 20.0 Å². The molecule has 1 aliphatic heterocycles. The number of fused-ring (bicyclic) bond motifs is 4. The van der Waals surface area contributed by atoms with Crippen molar-refractivity contribution in [2.24, 2.45) is 17.6 Å². The molecular weight excluding hydrogens is 473 g/mol. The van der Waals surface area contributed by atoms with Crippen LogP contribution in [0.4, 0.5) is 15.9 Å². The highest BCUT2D eigenvalue weighted by Crippen LogP contribution is 2.44. The van der Waals surface area contributed by atoms with E-state index in [4.69, 9.17) is 27.1 Å². The average Bonchev–Trinajstić information content (AvgIpc) is 3.35. The number of pyridine rings is 1. The lowest BCUT2D eigenvalue weighted by atomic mass is 9.72. The van der Waals surface area contributed by atoms with Gasteiger partial charge >= 0.3 is 6.01 Å². The van der Waals surface area contributed by atoms with Gasteiger partial charge in [-0.1, -0.05) is 11.6 Å². The topological polar surface area (TPSA) is 125 Å². The molecule has 3 aromatic heterocycles. The van der Waals surface area contributed by atoms with E-state index in [-0.39, 0.29) is 22.9 Å². The minimum Gasteiger partial charge on any atom is -0.422 e. The predicted molar refractivity (Wildman–Crippen MR) is 133 cm³/mol. The second kappa shape index (κ2) is 8.18. The first-order valence-electron chi connectivity index (χ1n) is 11.5. The number of nitrogens with zero attached hydrogens (tertiary/aromatic N) is 4. The molecule has 9 nitrogen and oxygen atoms in total. The van der Waals surface area contributed by atoms with Gasteiger partial charge in [0.15, 0.2) is 5.75 Å². The van der Waals surface area contributed by atoms with Gasteiger partial charge in [-0.25, -0.2) is 4.39 Å². The number of ether oxygens (including phenoxy) is 1.